The minimum atomic E-state index is -0.135. The number of hydrogen-bond donors (Lipinski definition) is 0. The first-order valence-corrected chi connectivity index (χ1v) is 30.2. The lowest BCUT2D eigenvalue weighted by Gasteiger charge is -2.35. The van der Waals surface area contributed by atoms with Crippen molar-refractivity contribution >= 4 is 117 Å². The van der Waals surface area contributed by atoms with Crippen molar-refractivity contribution in [1.29, 1.82) is 0 Å². The minimum absolute atomic E-state index is 0.0241. The third-order valence-electron chi connectivity index (χ3n) is 12.5. The van der Waals surface area contributed by atoms with Crippen molar-refractivity contribution in [3.63, 3.8) is 0 Å². The van der Waals surface area contributed by atoms with Gasteiger partial charge in [0.05, 0.1) is 38.4 Å². The molecule has 0 amide bonds. The van der Waals surface area contributed by atoms with E-state index in [0.717, 1.165) is 112 Å². The fraction of sp³-hybridized carbons (Fsp3) is 0.840. The Kier molecular flexibility index (Phi) is 36.1. The summed E-state index contributed by atoms with van der Waals surface area (Å²) < 4.78 is 0. The van der Waals surface area contributed by atoms with Gasteiger partial charge in [-0.15, -0.1) is 0 Å². The zero-order valence-corrected chi connectivity index (χ0v) is 46.5. The first-order chi connectivity index (χ1) is 30.0. The van der Waals surface area contributed by atoms with Crippen LogP contribution in [0.15, 0.2) is 0 Å². The third kappa shape index (κ3) is 31.5. The summed E-state index contributed by atoms with van der Waals surface area (Å²) in [5.74, 6) is 6.53. The van der Waals surface area contributed by atoms with Gasteiger partial charge >= 0.3 is 0 Å². The maximum absolute atomic E-state index is 13.8. The van der Waals surface area contributed by atoms with E-state index >= 15 is 0 Å². The molecule has 0 aromatic rings. The molecule has 370 valence electrons. The first kappa shape index (κ1) is 63.5. The second-order valence-electron chi connectivity index (χ2n) is 18.2. The van der Waals surface area contributed by atoms with Gasteiger partial charge < -0.3 is 0 Å². The van der Waals surface area contributed by atoms with Crippen LogP contribution >= 0.6 is 70.6 Å². The Labute approximate surface area is 415 Å². The lowest BCUT2D eigenvalue weighted by atomic mass is 9.71. The largest absolute Gasteiger partial charge is 0.299 e. The predicted molar refractivity (Wildman–Crippen MR) is 284 cm³/mol. The lowest BCUT2D eigenvalue weighted by molar-refractivity contribution is -0.128. The lowest BCUT2D eigenvalue weighted by Crippen LogP contribution is -2.26. The SMILES string of the molecule is CC(=O)CSCCCC(CCCSC(C)C(C)=O)(CCCSC(C)C(C)=O)CCC(=O)CC(=O)CCC(CCCSC(C)C(C)=O)(CCCSC(C)C(C)=O)CCCSC(C)C(C)=O. The van der Waals surface area contributed by atoms with Gasteiger partial charge in [-0.25, -0.2) is 0 Å². The van der Waals surface area contributed by atoms with Crippen LogP contribution in [0.25, 0.3) is 0 Å². The maximum Gasteiger partial charge on any atom is 0.142 e. The quantitative estimate of drug-likeness (QED) is 0.0423. The summed E-state index contributed by atoms with van der Waals surface area (Å²) in [6, 6.07) is 0. The number of Topliss-reactive ketones (excluding diaryl/α,β-unsaturated/α-hetero) is 8. The molecule has 8 nitrogen and oxygen atoms in total. The van der Waals surface area contributed by atoms with Crippen molar-refractivity contribution in [3.8, 4) is 0 Å². The van der Waals surface area contributed by atoms with Crippen molar-refractivity contribution in [3.05, 3.63) is 0 Å². The zero-order valence-electron chi connectivity index (χ0n) is 41.6. The van der Waals surface area contributed by atoms with Crippen LogP contribution in [0, 0.1) is 10.8 Å². The molecule has 5 unspecified atom stereocenters. The molecule has 0 bridgehead atoms. The summed E-state index contributed by atoms with van der Waals surface area (Å²) in [5, 5.41) is -0.325. The van der Waals surface area contributed by atoms with Crippen LogP contribution < -0.4 is 0 Å². The predicted octanol–water partition coefficient (Wildman–Crippen LogP) is 12.6. The first-order valence-electron chi connectivity index (χ1n) is 23.8. The smallest absolute Gasteiger partial charge is 0.142 e. The molecular weight excluding hydrogens is 921 g/mol. The summed E-state index contributed by atoms with van der Waals surface area (Å²) in [7, 11) is 0. The number of thioether (sulfide) groups is 6. The molecule has 0 aliphatic carbocycles. The van der Waals surface area contributed by atoms with E-state index in [2.05, 4.69) is 0 Å². The molecule has 5 atom stereocenters. The number of carbonyl (C=O) groups excluding carboxylic acids is 8. The molecule has 0 fully saturated rings. The number of rotatable bonds is 44. The second kappa shape index (κ2) is 36.4. The molecule has 0 rings (SSSR count). The number of carbonyl (C=O) groups is 8. The molecule has 0 aromatic carbocycles. The van der Waals surface area contributed by atoms with Gasteiger partial charge in [0.1, 0.15) is 46.3 Å². The van der Waals surface area contributed by atoms with Crippen LogP contribution in [0.1, 0.15) is 185 Å². The van der Waals surface area contributed by atoms with E-state index in [1.807, 2.05) is 34.6 Å². The average molecular weight is 1010 g/mol. The topological polar surface area (TPSA) is 137 Å². The summed E-state index contributed by atoms with van der Waals surface area (Å²) >= 11 is 10.0. The Morgan fingerprint density at radius 2 is 0.594 bits per heavy atom. The average Bonchev–Trinajstić information content (AvgIpc) is 3.22. The normalized spacial score (nSPS) is 15.9. The zero-order chi connectivity index (χ0) is 48.7. The number of ketones is 8. The van der Waals surface area contributed by atoms with Gasteiger partial charge in [-0.2, -0.15) is 70.6 Å². The Hall–Kier alpha value is -0.540. The van der Waals surface area contributed by atoms with Gasteiger partial charge in [0.15, 0.2) is 0 Å². The standard InChI is InChI=1S/C50H86O8S6/c1-36(51)35-59-28-12-20-49(21-13-29-60-42(7)37(2)52,22-14-30-61-43(8)38(3)53)26-18-47(57)34-48(58)19-27-50(23-15-31-62-44(9)39(4)54,24-16-32-63-45(10)40(5)55)25-17-33-64-46(11)41(6)56/h42-46H,12-35H2,1-11H3. The maximum atomic E-state index is 13.8. The molecule has 0 N–H and O–H groups in total. The van der Waals surface area contributed by atoms with Crippen molar-refractivity contribution in [2.75, 3.05) is 40.3 Å². The Bertz CT molecular complexity index is 1340. The monoisotopic (exact) mass is 1010 g/mol. The molecule has 0 aromatic heterocycles. The fourth-order valence-corrected chi connectivity index (χ4v) is 12.9. The van der Waals surface area contributed by atoms with Crippen molar-refractivity contribution in [2.45, 2.75) is 212 Å². The molecule has 0 heterocycles. The Balaban J connectivity index is 6.23. The van der Waals surface area contributed by atoms with Crippen LogP contribution in [0.3, 0.4) is 0 Å². The van der Waals surface area contributed by atoms with Crippen LogP contribution in [0.5, 0.6) is 0 Å². The molecule has 0 saturated carbocycles. The van der Waals surface area contributed by atoms with E-state index in [-0.39, 0.29) is 89.8 Å². The summed E-state index contributed by atoms with van der Waals surface area (Å²) in [6.07, 6.45) is 12.9. The van der Waals surface area contributed by atoms with Gasteiger partial charge in [-0.3, -0.25) is 38.4 Å². The van der Waals surface area contributed by atoms with Gasteiger partial charge in [0.25, 0.3) is 0 Å². The van der Waals surface area contributed by atoms with Gasteiger partial charge in [0, 0.05) is 12.8 Å². The molecule has 0 aliphatic heterocycles. The van der Waals surface area contributed by atoms with E-state index in [9.17, 15) is 38.4 Å². The van der Waals surface area contributed by atoms with E-state index in [1.54, 1.807) is 112 Å². The minimum Gasteiger partial charge on any atom is -0.299 e. The molecule has 0 spiro atoms. The molecular formula is C50H86O8S6. The van der Waals surface area contributed by atoms with Gasteiger partial charge in [-0.1, -0.05) is 0 Å². The fourth-order valence-electron chi connectivity index (χ4n) is 7.59. The third-order valence-corrected chi connectivity index (χ3v) is 20.5. The summed E-state index contributed by atoms with van der Waals surface area (Å²) in [4.78, 5) is 99.2. The van der Waals surface area contributed by atoms with Gasteiger partial charge in [-0.05, 0) is 211 Å². The van der Waals surface area contributed by atoms with E-state index in [4.69, 9.17) is 0 Å². The summed E-state index contributed by atoms with van der Waals surface area (Å²) in [6.45, 7) is 19.5. The van der Waals surface area contributed by atoms with Crippen LogP contribution in [0.2, 0.25) is 0 Å². The van der Waals surface area contributed by atoms with E-state index in [1.165, 1.54) is 0 Å². The molecule has 64 heavy (non-hydrogen) atoms. The van der Waals surface area contributed by atoms with Crippen LogP contribution in [-0.2, 0) is 38.4 Å². The van der Waals surface area contributed by atoms with Crippen LogP contribution in [-0.4, -0.2) is 113 Å². The highest BCUT2D eigenvalue weighted by Gasteiger charge is 2.32. The van der Waals surface area contributed by atoms with Crippen molar-refractivity contribution < 1.29 is 38.4 Å². The molecule has 0 aliphatic rings. The highest BCUT2D eigenvalue weighted by Crippen LogP contribution is 2.43. The Morgan fingerprint density at radius 3 is 0.812 bits per heavy atom. The highest BCUT2D eigenvalue weighted by atomic mass is 32.2. The van der Waals surface area contributed by atoms with Crippen LogP contribution in [0.4, 0.5) is 0 Å². The van der Waals surface area contributed by atoms with E-state index < -0.39 is 0 Å². The molecule has 0 saturated heterocycles. The number of hydrogen-bond acceptors (Lipinski definition) is 14. The van der Waals surface area contributed by atoms with Crippen molar-refractivity contribution in [2.24, 2.45) is 10.8 Å². The van der Waals surface area contributed by atoms with Crippen molar-refractivity contribution in [1.82, 2.24) is 0 Å². The molecule has 0 radical (unpaired) electrons. The molecule has 14 heteroatoms. The van der Waals surface area contributed by atoms with E-state index in [0.29, 0.717) is 31.4 Å². The Morgan fingerprint density at radius 1 is 0.359 bits per heavy atom. The highest BCUT2D eigenvalue weighted by molar-refractivity contribution is 8.01. The van der Waals surface area contributed by atoms with Gasteiger partial charge in [0.2, 0.25) is 0 Å². The second-order valence-corrected chi connectivity index (χ2v) is 26.6. The summed E-state index contributed by atoms with van der Waals surface area (Å²) in [5.41, 5.74) is -0.261.